The van der Waals surface area contributed by atoms with E-state index in [-0.39, 0.29) is 41.7 Å². The Morgan fingerprint density at radius 2 is 2.14 bits per heavy atom. The van der Waals surface area contributed by atoms with Gasteiger partial charge in [-0.2, -0.15) is 0 Å². The minimum atomic E-state index is -0.294. The summed E-state index contributed by atoms with van der Waals surface area (Å²) in [7, 11) is 1.73. The van der Waals surface area contributed by atoms with Crippen molar-refractivity contribution in [3.8, 4) is 0 Å². The Balaban J connectivity index is 0.00000280. The highest BCUT2D eigenvalue weighted by Crippen LogP contribution is 2.20. The van der Waals surface area contributed by atoms with E-state index in [2.05, 4.69) is 20.6 Å². The van der Waals surface area contributed by atoms with Crippen LogP contribution in [0.1, 0.15) is 18.4 Å². The third kappa shape index (κ3) is 6.29. The topological polar surface area (TPSA) is 52.6 Å². The van der Waals surface area contributed by atoms with Crippen molar-refractivity contribution < 1.29 is 8.78 Å². The van der Waals surface area contributed by atoms with Crippen LogP contribution in [0.15, 0.2) is 47.6 Å². The van der Waals surface area contributed by atoms with E-state index in [1.807, 2.05) is 11.0 Å². The number of halogens is 3. The van der Waals surface area contributed by atoms with E-state index < -0.39 is 0 Å². The molecule has 2 heterocycles. The van der Waals surface area contributed by atoms with Gasteiger partial charge < -0.3 is 15.5 Å². The zero-order chi connectivity index (χ0) is 19.1. The number of guanidine groups is 1. The fraction of sp³-hybridized carbons (Fsp3) is 0.400. The molecule has 1 aromatic carbocycles. The molecule has 152 valence electrons. The van der Waals surface area contributed by atoms with Gasteiger partial charge in [-0.25, -0.2) is 13.8 Å². The van der Waals surface area contributed by atoms with E-state index in [0.29, 0.717) is 12.4 Å². The molecule has 28 heavy (non-hydrogen) atoms. The molecule has 1 atom stereocenters. The largest absolute Gasteiger partial charge is 0.356 e. The van der Waals surface area contributed by atoms with Crippen LogP contribution in [-0.4, -0.2) is 43.7 Å². The van der Waals surface area contributed by atoms with Gasteiger partial charge in [-0.1, -0.05) is 12.1 Å². The van der Waals surface area contributed by atoms with Crippen LogP contribution >= 0.6 is 24.0 Å². The van der Waals surface area contributed by atoms with E-state index in [9.17, 15) is 8.78 Å². The highest BCUT2D eigenvalue weighted by atomic mass is 127. The molecular weight excluding hydrogens is 475 g/mol. The second-order valence-electron chi connectivity index (χ2n) is 6.62. The van der Waals surface area contributed by atoms with Crippen LogP contribution < -0.4 is 15.5 Å². The van der Waals surface area contributed by atoms with Crippen LogP contribution in [0.5, 0.6) is 0 Å². The van der Waals surface area contributed by atoms with Gasteiger partial charge in [-0.15, -0.1) is 24.0 Å². The monoisotopic (exact) mass is 501 g/mol. The van der Waals surface area contributed by atoms with Crippen molar-refractivity contribution in [3.05, 3.63) is 59.8 Å². The highest BCUT2D eigenvalue weighted by molar-refractivity contribution is 14.0. The van der Waals surface area contributed by atoms with E-state index in [0.717, 1.165) is 43.9 Å². The Hall–Kier alpha value is -1.97. The lowest BCUT2D eigenvalue weighted by Crippen LogP contribution is -2.45. The van der Waals surface area contributed by atoms with Gasteiger partial charge in [-0.05, 0) is 49.1 Å². The molecule has 0 saturated carbocycles. The lowest BCUT2D eigenvalue weighted by molar-refractivity contribution is 0.611. The summed E-state index contributed by atoms with van der Waals surface area (Å²) in [6, 6.07) is 9.89. The molecule has 0 radical (unpaired) electrons. The maximum absolute atomic E-state index is 13.9. The average Bonchev–Trinajstić information content (AvgIpc) is 3.13. The van der Waals surface area contributed by atoms with Crippen LogP contribution in [-0.2, 0) is 6.42 Å². The van der Waals surface area contributed by atoms with Crippen molar-refractivity contribution in [3.63, 3.8) is 0 Å². The van der Waals surface area contributed by atoms with Gasteiger partial charge in [0, 0.05) is 38.9 Å². The standard InChI is InChI=1S/C20H25F2N5.HI/c1-23-20(25-11-3-6-15-5-2-7-16(21)13-15)26-17-9-12-27(14-17)19-18(22)8-4-10-24-19;/h2,4-5,7-8,10,13,17H,3,6,9,11-12,14H2,1H3,(H2,23,25,26);1H. The van der Waals surface area contributed by atoms with Crippen molar-refractivity contribution in [1.29, 1.82) is 0 Å². The lowest BCUT2D eigenvalue weighted by Gasteiger charge is -2.20. The number of anilines is 1. The van der Waals surface area contributed by atoms with Crippen molar-refractivity contribution in [2.75, 3.05) is 31.6 Å². The maximum Gasteiger partial charge on any atom is 0.191 e. The first-order valence-corrected chi connectivity index (χ1v) is 9.23. The summed E-state index contributed by atoms with van der Waals surface area (Å²) >= 11 is 0. The Morgan fingerprint density at radius 1 is 1.29 bits per heavy atom. The summed E-state index contributed by atoms with van der Waals surface area (Å²) in [6.07, 6.45) is 4.18. The summed E-state index contributed by atoms with van der Waals surface area (Å²) in [4.78, 5) is 10.3. The Labute approximate surface area is 181 Å². The van der Waals surface area contributed by atoms with Gasteiger partial charge >= 0.3 is 0 Å². The molecule has 1 unspecified atom stereocenters. The molecule has 0 aliphatic carbocycles. The summed E-state index contributed by atoms with van der Waals surface area (Å²) in [5, 5.41) is 6.66. The second-order valence-corrected chi connectivity index (χ2v) is 6.62. The number of nitrogens with zero attached hydrogens (tertiary/aromatic N) is 3. The highest BCUT2D eigenvalue weighted by Gasteiger charge is 2.25. The van der Waals surface area contributed by atoms with Crippen molar-refractivity contribution in [2.24, 2.45) is 4.99 Å². The SMILES string of the molecule is CN=C(NCCCc1cccc(F)c1)NC1CCN(c2ncccc2F)C1.I. The molecule has 5 nitrogen and oxygen atoms in total. The molecular formula is C20H26F2IN5. The second kappa shape index (κ2) is 11.1. The molecule has 1 aromatic heterocycles. The fourth-order valence-corrected chi connectivity index (χ4v) is 3.26. The first-order valence-electron chi connectivity index (χ1n) is 9.23. The number of hydrogen-bond acceptors (Lipinski definition) is 3. The van der Waals surface area contributed by atoms with Crippen LogP contribution in [0, 0.1) is 11.6 Å². The minimum Gasteiger partial charge on any atom is -0.356 e. The molecule has 0 amide bonds. The molecule has 1 fully saturated rings. The summed E-state index contributed by atoms with van der Waals surface area (Å²) in [6.45, 7) is 2.17. The van der Waals surface area contributed by atoms with Gasteiger partial charge in [0.1, 0.15) is 5.82 Å². The van der Waals surface area contributed by atoms with Gasteiger partial charge in [0.2, 0.25) is 0 Å². The summed E-state index contributed by atoms with van der Waals surface area (Å²) in [5.74, 6) is 0.633. The van der Waals surface area contributed by atoms with E-state index in [4.69, 9.17) is 0 Å². The number of pyridine rings is 1. The predicted octanol–water partition coefficient (Wildman–Crippen LogP) is 3.35. The zero-order valence-corrected chi connectivity index (χ0v) is 18.2. The van der Waals surface area contributed by atoms with Crippen LogP contribution in [0.2, 0.25) is 0 Å². The Kier molecular flexibility index (Phi) is 8.88. The van der Waals surface area contributed by atoms with Gasteiger partial charge in [0.15, 0.2) is 17.6 Å². The molecule has 1 saturated heterocycles. The number of aromatic nitrogens is 1. The molecule has 3 rings (SSSR count). The van der Waals surface area contributed by atoms with Gasteiger partial charge in [0.25, 0.3) is 0 Å². The quantitative estimate of drug-likeness (QED) is 0.276. The van der Waals surface area contributed by atoms with Crippen molar-refractivity contribution in [2.45, 2.75) is 25.3 Å². The number of benzene rings is 1. The lowest BCUT2D eigenvalue weighted by atomic mass is 10.1. The fourth-order valence-electron chi connectivity index (χ4n) is 3.26. The average molecular weight is 501 g/mol. The number of nitrogens with one attached hydrogen (secondary N) is 2. The van der Waals surface area contributed by atoms with Crippen LogP contribution in [0.25, 0.3) is 0 Å². The minimum absolute atomic E-state index is 0. The molecule has 8 heteroatoms. The van der Waals surface area contributed by atoms with E-state index >= 15 is 0 Å². The molecule has 1 aliphatic rings. The number of aliphatic imine (C=N–C) groups is 1. The van der Waals surface area contributed by atoms with Gasteiger partial charge in [0.05, 0.1) is 0 Å². The molecule has 0 spiro atoms. The normalized spacial score (nSPS) is 16.6. The van der Waals surface area contributed by atoms with Gasteiger partial charge in [-0.3, -0.25) is 4.99 Å². The molecule has 0 bridgehead atoms. The first kappa shape index (κ1) is 22.3. The Bertz CT molecular complexity index is 787. The molecule has 2 aromatic rings. The van der Waals surface area contributed by atoms with Crippen LogP contribution in [0.4, 0.5) is 14.6 Å². The maximum atomic E-state index is 13.9. The number of aryl methyl sites for hydroxylation is 1. The summed E-state index contributed by atoms with van der Waals surface area (Å²) < 4.78 is 27.1. The Morgan fingerprint density at radius 3 is 2.89 bits per heavy atom. The molecule has 1 aliphatic heterocycles. The van der Waals surface area contributed by atoms with Crippen LogP contribution in [0.3, 0.4) is 0 Å². The number of rotatable bonds is 6. The van der Waals surface area contributed by atoms with E-state index in [1.54, 1.807) is 31.4 Å². The third-order valence-corrected chi connectivity index (χ3v) is 4.61. The first-order chi connectivity index (χ1) is 13.2. The van der Waals surface area contributed by atoms with Crippen molar-refractivity contribution >= 4 is 35.8 Å². The van der Waals surface area contributed by atoms with E-state index in [1.165, 1.54) is 12.1 Å². The third-order valence-electron chi connectivity index (χ3n) is 4.61. The van der Waals surface area contributed by atoms with Crippen molar-refractivity contribution in [1.82, 2.24) is 15.6 Å². The molecule has 2 N–H and O–H groups in total. The smallest absolute Gasteiger partial charge is 0.191 e. The zero-order valence-electron chi connectivity index (χ0n) is 15.9. The predicted molar refractivity (Wildman–Crippen MR) is 119 cm³/mol. The summed E-state index contributed by atoms with van der Waals surface area (Å²) in [5.41, 5.74) is 0.989. The number of hydrogen-bond donors (Lipinski definition) is 2.